The molecule has 0 heterocycles. The van der Waals surface area contributed by atoms with Crippen LogP contribution in [-0.2, 0) is 4.79 Å². The molecule has 1 amide bonds. The molecular formula is C11H18NOU-. The fourth-order valence-corrected chi connectivity index (χ4v) is 0.476. The molecule has 0 aliphatic carbocycles. The van der Waals surface area contributed by atoms with Gasteiger partial charge in [-0.2, -0.15) is 0 Å². The maximum Gasteiger partial charge on any atom is 0.0692 e. The Labute approximate surface area is 111 Å². The summed E-state index contributed by atoms with van der Waals surface area (Å²) < 4.78 is 0. The Hall–Kier alpha value is -0.258. The molecule has 0 atom stereocenters. The quantitative estimate of drug-likeness (QED) is 0.425. The molecule has 3 heteroatoms. The van der Waals surface area contributed by atoms with Crippen LogP contribution in [0, 0.1) is 31.1 Å². The van der Waals surface area contributed by atoms with E-state index in [9.17, 15) is 4.79 Å². The SMILES string of the molecule is C=C/C(=C\C=C(C)C)N[C-]=O.CC.[U]. The van der Waals surface area contributed by atoms with E-state index in [1.807, 2.05) is 33.8 Å². The maximum atomic E-state index is 9.87. The fourth-order valence-electron chi connectivity index (χ4n) is 0.476. The van der Waals surface area contributed by atoms with E-state index in [0.717, 1.165) is 5.57 Å². The Kier molecular flexibility index (Phi) is 21.0. The average molecular weight is 418 g/mol. The summed E-state index contributed by atoms with van der Waals surface area (Å²) in [6.07, 6.45) is 6.79. The summed E-state index contributed by atoms with van der Waals surface area (Å²) in [4.78, 5) is 9.87. The van der Waals surface area contributed by atoms with Crippen molar-refractivity contribution >= 4 is 6.41 Å². The first kappa shape index (κ1) is 19.3. The third kappa shape index (κ3) is 14.3. The van der Waals surface area contributed by atoms with Gasteiger partial charge in [0.05, 0.1) is 6.41 Å². The summed E-state index contributed by atoms with van der Waals surface area (Å²) in [5, 5.41) is 2.38. The molecule has 0 radical (unpaired) electrons. The van der Waals surface area contributed by atoms with E-state index in [4.69, 9.17) is 0 Å². The van der Waals surface area contributed by atoms with Gasteiger partial charge in [0.2, 0.25) is 0 Å². The molecule has 0 aromatic rings. The van der Waals surface area contributed by atoms with Gasteiger partial charge in [-0.05, 0) is 13.8 Å². The van der Waals surface area contributed by atoms with Gasteiger partial charge < -0.3 is 10.1 Å². The predicted molar refractivity (Wildman–Crippen MR) is 57.9 cm³/mol. The Morgan fingerprint density at radius 2 is 1.79 bits per heavy atom. The largest absolute Gasteiger partial charge is 0.490 e. The molecule has 0 aromatic carbocycles. The Morgan fingerprint density at radius 3 is 2.07 bits per heavy atom. The zero-order valence-electron chi connectivity index (χ0n) is 9.35. The standard InChI is InChI=1S/C9H12NO.C2H6.U/c1-4-9(10-7-11)6-5-8(2)3;1-2;/h4-6H,1H2,2-3H3,(H,10,11);1-2H3;/q-1;;/b9-6+;;. The monoisotopic (exact) mass is 418 g/mol. The predicted octanol–water partition coefficient (Wildman–Crippen LogP) is 2.71. The van der Waals surface area contributed by atoms with E-state index in [0.29, 0.717) is 5.70 Å². The van der Waals surface area contributed by atoms with Crippen molar-refractivity contribution in [3.05, 3.63) is 36.1 Å². The summed E-state index contributed by atoms with van der Waals surface area (Å²) in [7, 11) is 0. The minimum Gasteiger partial charge on any atom is -0.490 e. The van der Waals surface area contributed by atoms with Crippen molar-refractivity contribution < 1.29 is 35.9 Å². The molecule has 0 aliphatic heterocycles. The van der Waals surface area contributed by atoms with E-state index >= 15 is 0 Å². The van der Waals surface area contributed by atoms with Gasteiger partial charge in [-0.1, -0.05) is 25.5 Å². The zero-order valence-corrected chi connectivity index (χ0v) is 13.5. The second-order valence-electron chi connectivity index (χ2n) is 2.30. The number of allylic oxidation sites excluding steroid dienone is 4. The van der Waals surface area contributed by atoms with Crippen molar-refractivity contribution in [1.82, 2.24) is 5.32 Å². The molecule has 14 heavy (non-hydrogen) atoms. The van der Waals surface area contributed by atoms with Crippen molar-refractivity contribution in [2.24, 2.45) is 0 Å². The van der Waals surface area contributed by atoms with Gasteiger partial charge in [0.25, 0.3) is 0 Å². The molecule has 0 aliphatic rings. The van der Waals surface area contributed by atoms with E-state index in [1.165, 1.54) is 0 Å². The molecule has 0 spiro atoms. The summed E-state index contributed by atoms with van der Waals surface area (Å²) in [6.45, 7) is 11.5. The number of rotatable bonds is 4. The van der Waals surface area contributed by atoms with Gasteiger partial charge >= 0.3 is 0 Å². The number of hydrogen-bond acceptors (Lipinski definition) is 1. The van der Waals surface area contributed by atoms with Gasteiger partial charge in [-0.3, -0.25) is 0 Å². The number of amides is 1. The van der Waals surface area contributed by atoms with Gasteiger partial charge in [-0.15, -0.1) is 24.4 Å². The molecule has 78 valence electrons. The maximum absolute atomic E-state index is 9.87. The van der Waals surface area contributed by atoms with Crippen LogP contribution in [0.1, 0.15) is 27.7 Å². The molecule has 1 N–H and O–H groups in total. The summed E-state index contributed by atoms with van der Waals surface area (Å²) in [5.74, 6) is 0. The van der Waals surface area contributed by atoms with Crippen LogP contribution in [0.25, 0.3) is 0 Å². The molecule has 0 saturated carbocycles. The molecule has 0 unspecified atom stereocenters. The second-order valence-corrected chi connectivity index (χ2v) is 2.30. The summed E-state index contributed by atoms with van der Waals surface area (Å²) >= 11 is 0. The second kappa shape index (κ2) is 15.2. The molecule has 0 bridgehead atoms. The molecule has 0 rings (SSSR count). The normalized spacial score (nSPS) is 8.43. The average Bonchev–Trinajstić information content (AvgIpc) is 2.15. The Balaban J connectivity index is -0.000000376. The van der Waals surface area contributed by atoms with Crippen LogP contribution in [-0.4, -0.2) is 6.41 Å². The first-order valence-electron chi connectivity index (χ1n) is 4.31. The fraction of sp³-hybridized carbons (Fsp3) is 0.364. The molecular weight excluding hydrogens is 400 g/mol. The van der Waals surface area contributed by atoms with Crippen LogP contribution in [0.4, 0.5) is 0 Å². The zero-order chi connectivity index (χ0) is 10.7. The Morgan fingerprint density at radius 1 is 1.29 bits per heavy atom. The van der Waals surface area contributed by atoms with Crippen molar-refractivity contribution in [2.75, 3.05) is 0 Å². The van der Waals surface area contributed by atoms with Crippen LogP contribution in [0.2, 0.25) is 0 Å². The topological polar surface area (TPSA) is 29.1 Å². The first-order valence-corrected chi connectivity index (χ1v) is 4.31. The molecule has 0 saturated heterocycles. The number of carbonyl (C=O) groups excluding carboxylic acids is 1. The minimum atomic E-state index is 0. The molecule has 0 aromatic heterocycles. The number of hydrogen-bond donors (Lipinski definition) is 1. The summed E-state index contributed by atoms with van der Waals surface area (Å²) in [6, 6.07) is 0. The molecule has 0 fully saturated rings. The third-order valence-corrected chi connectivity index (χ3v) is 1.01. The molecule has 2 nitrogen and oxygen atoms in total. The van der Waals surface area contributed by atoms with Crippen molar-refractivity contribution in [3.63, 3.8) is 0 Å². The van der Waals surface area contributed by atoms with Gasteiger partial charge in [0.1, 0.15) is 0 Å². The van der Waals surface area contributed by atoms with Gasteiger partial charge in [0.15, 0.2) is 0 Å². The van der Waals surface area contributed by atoms with E-state index in [-0.39, 0.29) is 31.1 Å². The smallest absolute Gasteiger partial charge is 0.0692 e. The van der Waals surface area contributed by atoms with Crippen LogP contribution >= 0.6 is 0 Å². The van der Waals surface area contributed by atoms with Crippen molar-refractivity contribution in [3.8, 4) is 0 Å². The van der Waals surface area contributed by atoms with Crippen molar-refractivity contribution in [2.45, 2.75) is 27.7 Å². The van der Waals surface area contributed by atoms with Crippen LogP contribution in [0.15, 0.2) is 36.1 Å². The van der Waals surface area contributed by atoms with Crippen LogP contribution < -0.4 is 5.32 Å². The first-order chi connectivity index (χ1) is 6.20. The Bertz CT molecular complexity index is 203. The van der Waals surface area contributed by atoms with Gasteiger partial charge in [-0.25, -0.2) is 0 Å². The van der Waals surface area contributed by atoms with Crippen molar-refractivity contribution in [1.29, 1.82) is 0 Å². The van der Waals surface area contributed by atoms with Gasteiger partial charge in [0, 0.05) is 31.1 Å². The van der Waals surface area contributed by atoms with E-state index in [1.54, 1.807) is 18.6 Å². The van der Waals surface area contributed by atoms with Crippen LogP contribution in [0.3, 0.4) is 0 Å². The van der Waals surface area contributed by atoms with E-state index < -0.39 is 0 Å². The van der Waals surface area contributed by atoms with E-state index in [2.05, 4.69) is 11.9 Å². The third-order valence-electron chi connectivity index (χ3n) is 1.01. The minimum absolute atomic E-state index is 0. The number of nitrogens with one attached hydrogen (secondary N) is 1. The summed E-state index contributed by atoms with van der Waals surface area (Å²) in [5.41, 5.74) is 1.82. The van der Waals surface area contributed by atoms with Crippen LogP contribution in [0.5, 0.6) is 0 Å².